The van der Waals surface area contributed by atoms with Crippen LogP contribution < -0.4 is 10.5 Å². The average molecular weight is 619 g/mol. The molecule has 1 unspecified atom stereocenters. The molecule has 2 heterocycles. The van der Waals surface area contributed by atoms with Gasteiger partial charge in [0.1, 0.15) is 16.6 Å². The maximum absolute atomic E-state index is 14.0. The number of fused-ring (bicyclic) bond motifs is 2. The predicted molar refractivity (Wildman–Crippen MR) is 163 cm³/mol. The van der Waals surface area contributed by atoms with Crippen molar-refractivity contribution in [1.82, 2.24) is 4.57 Å². The molecule has 0 aliphatic carbocycles. The fourth-order valence-electron chi connectivity index (χ4n) is 5.96. The summed E-state index contributed by atoms with van der Waals surface area (Å²) in [5.74, 6) is -0.429. The van der Waals surface area contributed by atoms with E-state index in [1.165, 1.54) is 29.9 Å². The van der Waals surface area contributed by atoms with E-state index in [0.717, 1.165) is 28.5 Å². The van der Waals surface area contributed by atoms with Crippen LogP contribution in [0, 0.1) is 0 Å². The van der Waals surface area contributed by atoms with E-state index >= 15 is 0 Å². The Balaban J connectivity index is 1.66. The number of hydrogen-bond acceptors (Lipinski definition) is 5. The first kappa shape index (κ1) is 29.3. The van der Waals surface area contributed by atoms with Gasteiger partial charge in [0.15, 0.2) is 6.04 Å². The molecular formula is C34H26ClF3N2O4. The molecular weight excluding hydrogens is 593 g/mol. The van der Waals surface area contributed by atoms with Gasteiger partial charge in [0.05, 0.1) is 19.2 Å². The number of hydrogen-bond donors (Lipinski definition) is 1. The van der Waals surface area contributed by atoms with Crippen molar-refractivity contribution in [2.45, 2.75) is 25.2 Å². The number of anilines is 1. The highest BCUT2D eigenvalue weighted by Gasteiger charge is 2.40. The van der Waals surface area contributed by atoms with Crippen LogP contribution in [0.4, 0.5) is 19.0 Å². The van der Waals surface area contributed by atoms with Crippen molar-refractivity contribution in [1.29, 1.82) is 0 Å². The number of rotatable bonds is 6. The first-order valence-electron chi connectivity index (χ1n) is 13.8. The second-order valence-corrected chi connectivity index (χ2v) is 11.0. The van der Waals surface area contributed by atoms with Crippen LogP contribution in [0.15, 0.2) is 95.8 Å². The smallest absolute Gasteiger partial charge is 0.416 e. The number of benzene rings is 4. The molecule has 0 radical (unpaired) electrons. The van der Waals surface area contributed by atoms with Crippen molar-refractivity contribution >= 4 is 34.2 Å². The van der Waals surface area contributed by atoms with E-state index in [2.05, 4.69) is 0 Å². The Morgan fingerprint density at radius 2 is 1.73 bits per heavy atom. The normalized spacial score (nSPS) is 14.6. The number of phenolic OH excluding ortho intramolecular Hbond substituents is 1. The minimum atomic E-state index is -4.62. The highest BCUT2D eigenvalue weighted by Crippen LogP contribution is 2.44. The van der Waals surface area contributed by atoms with Crippen LogP contribution in [0.2, 0.25) is 5.02 Å². The molecule has 6 nitrogen and oxygen atoms in total. The van der Waals surface area contributed by atoms with Gasteiger partial charge in [-0.15, -0.1) is 0 Å². The van der Waals surface area contributed by atoms with Crippen LogP contribution in [-0.4, -0.2) is 29.3 Å². The molecule has 1 atom stereocenters. The quantitative estimate of drug-likeness (QED) is 0.201. The van der Waals surface area contributed by atoms with E-state index in [1.807, 2.05) is 42.5 Å². The molecule has 0 saturated heterocycles. The van der Waals surface area contributed by atoms with Gasteiger partial charge in [-0.25, -0.2) is 4.79 Å². The summed E-state index contributed by atoms with van der Waals surface area (Å²) in [5.41, 5.74) is 0.799. The molecule has 5 aromatic rings. The van der Waals surface area contributed by atoms with Crippen molar-refractivity contribution in [3.05, 3.63) is 129 Å². The van der Waals surface area contributed by atoms with Gasteiger partial charge in [-0.2, -0.15) is 13.2 Å². The van der Waals surface area contributed by atoms with Gasteiger partial charge in [-0.3, -0.25) is 9.36 Å². The maximum Gasteiger partial charge on any atom is 0.416 e. The molecule has 1 aliphatic rings. The van der Waals surface area contributed by atoms with Gasteiger partial charge in [-0.05, 0) is 57.3 Å². The van der Waals surface area contributed by atoms with E-state index in [0.29, 0.717) is 16.7 Å². The molecule has 0 spiro atoms. The number of pyridine rings is 1. The lowest BCUT2D eigenvalue weighted by atomic mass is 9.92. The Morgan fingerprint density at radius 1 is 1.00 bits per heavy atom. The highest BCUT2D eigenvalue weighted by molar-refractivity contribution is 6.32. The van der Waals surface area contributed by atoms with Gasteiger partial charge < -0.3 is 14.7 Å². The van der Waals surface area contributed by atoms with Gasteiger partial charge in [0, 0.05) is 18.5 Å². The zero-order chi connectivity index (χ0) is 31.2. The Bertz CT molecular complexity index is 1970. The number of aromatic hydroxyl groups is 1. The van der Waals surface area contributed by atoms with Crippen LogP contribution in [-0.2, 0) is 28.7 Å². The van der Waals surface area contributed by atoms with Gasteiger partial charge in [-0.1, -0.05) is 78.3 Å². The zero-order valence-corrected chi connectivity index (χ0v) is 24.2. The summed E-state index contributed by atoms with van der Waals surface area (Å²) in [4.78, 5) is 28.8. The lowest BCUT2D eigenvalue weighted by molar-refractivity contribution is -0.144. The Labute approximate surface area is 255 Å². The molecule has 0 amide bonds. The number of carbonyl (C=O) groups is 1. The molecule has 1 aliphatic heterocycles. The predicted octanol–water partition coefficient (Wildman–Crippen LogP) is 7.37. The van der Waals surface area contributed by atoms with Gasteiger partial charge >= 0.3 is 12.1 Å². The molecule has 6 rings (SSSR count). The molecule has 44 heavy (non-hydrogen) atoms. The fraction of sp³-hybridized carbons (Fsp3) is 0.176. The average Bonchev–Trinajstić information content (AvgIpc) is 3.38. The summed E-state index contributed by atoms with van der Waals surface area (Å²) < 4.78 is 48.1. The van der Waals surface area contributed by atoms with Crippen molar-refractivity contribution in [3.63, 3.8) is 0 Å². The van der Waals surface area contributed by atoms with Crippen LogP contribution >= 0.6 is 11.6 Å². The van der Waals surface area contributed by atoms with E-state index in [4.69, 9.17) is 16.3 Å². The fourth-order valence-corrected chi connectivity index (χ4v) is 6.21. The van der Waals surface area contributed by atoms with Crippen molar-refractivity contribution < 1.29 is 27.8 Å². The second kappa shape index (κ2) is 11.4. The summed E-state index contributed by atoms with van der Waals surface area (Å²) >= 11 is 6.85. The molecule has 224 valence electrons. The minimum Gasteiger partial charge on any atom is -0.508 e. The molecule has 1 N–H and O–H groups in total. The van der Waals surface area contributed by atoms with Crippen molar-refractivity contribution in [2.75, 3.05) is 18.6 Å². The molecule has 0 fully saturated rings. The summed E-state index contributed by atoms with van der Waals surface area (Å²) in [6.45, 7) is 0.139. The number of alkyl halides is 3. The van der Waals surface area contributed by atoms with E-state index in [9.17, 15) is 27.9 Å². The number of carbonyl (C=O) groups excluding carboxylic acids is 1. The minimum absolute atomic E-state index is 0.00240. The van der Waals surface area contributed by atoms with Crippen LogP contribution in [0.5, 0.6) is 5.75 Å². The number of methoxy groups -OCH3 is 1. The summed E-state index contributed by atoms with van der Waals surface area (Å²) in [6, 6.07) is 23.6. The van der Waals surface area contributed by atoms with Crippen molar-refractivity contribution in [2.24, 2.45) is 0 Å². The van der Waals surface area contributed by atoms with E-state index < -0.39 is 29.3 Å². The summed E-state index contributed by atoms with van der Waals surface area (Å²) in [7, 11) is 1.20. The number of nitrogens with zero attached hydrogens (tertiary/aromatic N) is 2. The standard InChI is InChI=1S/C34H26ClF3N2O4/c1-44-33(43)28-19-39(18-20-7-4-13-25(41)15-20)31-29(23-11-6-12-24(16-23)34(36,37)38)27(30(35)32(42)40(28)31)17-22-10-5-9-21-8-2-3-14-26(21)22/h2-16,28,41H,17-19H2,1H3. The monoisotopic (exact) mass is 618 g/mol. The van der Waals surface area contributed by atoms with E-state index in [-0.39, 0.29) is 41.7 Å². The summed E-state index contributed by atoms with van der Waals surface area (Å²) in [6.07, 6.45) is -4.49. The second-order valence-electron chi connectivity index (χ2n) is 10.6. The third kappa shape index (κ3) is 5.28. The lowest BCUT2D eigenvalue weighted by Crippen LogP contribution is -2.30. The lowest BCUT2D eigenvalue weighted by Gasteiger charge is -2.25. The van der Waals surface area contributed by atoms with Crippen LogP contribution in [0.3, 0.4) is 0 Å². The number of ether oxygens (including phenoxy) is 1. The van der Waals surface area contributed by atoms with Crippen molar-refractivity contribution in [3.8, 4) is 16.9 Å². The number of halogens is 4. The Hall–Kier alpha value is -4.76. The number of phenols is 1. The largest absolute Gasteiger partial charge is 0.508 e. The summed E-state index contributed by atoms with van der Waals surface area (Å²) in [5, 5.41) is 11.8. The van der Waals surface area contributed by atoms with E-state index in [1.54, 1.807) is 23.1 Å². The molecule has 0 saturated carbocycles. The topological polar surface area (TPSA) is 71.8 Å². The molecule has 0 bridgehead atoms. The highest BCUT2D eigenvalue weighted by atomic mass is 35.5. The molecule has 1 aromatic heterocycles. The van der Waals surface area contributed by atoms with Crippen LogP contribution in [0.1, 0.15) is 28.3 Å². The number of esters is 1. The zero-order valence-electron chi connectivity index (χ0n) is 23.4. The van der Waals surface area contributed by atoms with Gasteiger partial charge in [0.25, 0.3) is 5.56 Å². The van der Waals surface area contributed by atoms with Crippen LogP contribution in [0.25, 0.3) is 21.9 Å². The molecule has 4 aromatic carbocycles. The van der Waals surface area contributed by atoms with Gasteiger partial charge in [0.2, 0.25) is 0 Å². The molecule has 10 heteroatoms. The third-order valence-corrected chi connectivity index (χ3v) is 8.30. The first-order chi connectivity index (χ1) is 21.1. The third-order valence-electron chi connectivity index (χ3n) is 7.91. The SMILES string of the molecule is COC(=O)C1CN(Cc2cccc(O)c2)c2c(-c3cccc(C(F)(F)F)c3)c(Cc3cccc4ccccc34)c(Cl)c(=O)n21. The first-order valence-corrected chi connectivity index (χ1v) is 14.2. The Morgan fingerprint density at radius 3 is 2.48 bits per heavy atom. The Kier molecular flexibility index (Phi) is 7.59. The maximum atomic E-state index is 14.0. The number of aromatic nitrogens is 1.